The summed E-state index contributed by atoms with van der Waals surface area (Å²) in [5.41, 5.74) is 1.01. The molecule has 15 heavy (non-hydrogen) atoms. The maximum Gasteiger partial charge on any atom is 0.302 e. The summed E-state index contributed by atoms with van der Waals surface area (Å²) in [6, 6.07) is 6.62. The van der Waals surface area contributed by atoms with Crippen molar-refractivity contribution < 1.29 is 13.9 Å². The van der Waals surface area contributed by atoms with Gasteiger partial charge in [-0.1, -0.05) is 12.1 Å². The van der Waals surface area contributed by atoms with Crippen LogP contribution in [0.3, 0.4) is 0 Å². The molecule has 0 saturated heterocycles. The van der Waals surface area contributed by atoms with Gasteiger partial charge in [-0.05, 0) is 30.0 Å². The van der Waals surface area contributed by atoms with E-state index in [2.05, 4.69) is 0 Å². The Morgan fingerprint density at radius 2 is 2.40 bits per heavy atom. The van der Waals surface area contributed by atoms with Crippen LogP contribution >= 0.6 is 0 Å². The first-order chi connectivity index (χ1) is 7.16. The van der Waals surface area contributed by atoms with Crippen molar-refractivity contribution in [2.24, 2.45) is 5.92 Å². The molecule has 80 valence electrons. The first-order valence-electron chi connectivity index (χ1n) is 5.05. The van der Waals surface area contributed by atoms with Crippen LogP contribution in [0.2, 0.25) is 0 Å². The predicted octanol–water partition coefficient (Wildman–Crippen LogP) is 2.49. The van der Waals surface area contributed by atoms with E-state index in [1.807, 2.05) is 6.07 Å². The van der Waals surface area contributed by atoms with E-state index in [1.54, 1.807) is 12.1 Å². The summed E-state index contributed by atoms with van der Waals surface area (Å²) < 4.78 is 17.8. The van der Waals surface area contributed by atoms with Crippen molar-refractivity contribution in [3.8, 4) is 0 Å². The molecule has 1 aliphatic rings. The topological polar surface area (TPSA) is 26.3 Å². The smallest absolute Gasteiger partial charge is 0.302 e. The van der Waals surface area contributed by atoms with Crippen LogP contribution in [0.25, 0.3) is 0 Å². The fourth-order valence-electron chi connectivity index (χ4n) is 1.80. The molecule has 0 amide bonds. The monoisotopic (exact) mass is 208 g/mol. The molecule has 0 N–H and O–H groups in total. The summed E-state index contributed by atoms with van der Waals surface area (Å²) in [6.45, 7) is 1.86. The molecular weight excluding hydrogens is 195 g/mol. The van der Waals surface area contributed by atoms with Crippen molar-refractivity contribution in [3.05, 3.63) is 35.6 Å². The molecule has 1 aromatic rings. The van der Waals surface area contributed by atoms with Crippen LogP contribution in [0, 0.1) is 11.7 Å². The van der Waals surface area contributed by atoms with Gasteiger partial charge in [-0.15, -0.1) is 0 Å². The van der Waals surface area contributed by atoms with Crippen LogP contribution in [-0.2, 0) is 9.53 Å². The van der Waals surface area contributed by atoms with E-state index in [0.717, 1.165) is 12.0 Å². The zero-order valence-electron chi connectivity index (χ0n) is 8.57. The van der Waals surface area contributed by atoms with Crippen molar-refractivity contribution in [2.45, 2.75) is 19.3 Å². The summed E-state index contributed by atoms with van der Waals surface area (Å²) in [6.07, 6.45) is 0.983. The normalized spacial score (nSPS) is 23.6. The Bertz CT molecular complexity index is 376. The Hall–Kier alpha value is -1.38. The Morgan fingerprint density at radius 1 is 1.60 bits per heavy atom. The minimum atomic E-state index is -0.250. The third-order valence-corrected chi connectivity index (χ3v) is 2.70. The highest BCUT2D eigenvalue weighted by atomic mass is 19.1. The molecule has 0 aliphatic heterocycles. The number of hydrogen-bond donors (Lipinski definition) is 0. The average Bonchev–Trinajstić information content (AvgIpc) is 2.94. The summed E-state index contributed by atoms with van der Waals surface area (Å²) in [4.78, 5) is 10.6. The van der Waals surface area contributed by atoms with Gasteiger partial charge in [0.05, 0.1) is 6.61 Å². The van der Waals surface area contributed by atoms with Crippen LogP contribution in [0.15, 0.2) is 24.3 Å². The van der Waals surface area contributed by atoms with Crippen molar-refractivity contribution in [1.29, 1.82) is 0 Å². The lowest BCUT2D eigenvalue weighted by atomic mass is 10.1. The second-order valence-electron chi connectivity index (χ2n) is 3.96. The number of carbonyl (C=O) groups excluding carboxylic acids is 1. The second kappa shape index (κ2) is 4.01. The molecule has 0 radical (unpaired) electrons. The highest BCUT2D eigenvalue weighted by molar-refractivity contribution is 5.65. The molecule has 0 unspecified atom stereocenters. The minimum absolute atomic E-state index is 0.203. The van der Waals surface area contributed by atoms with Crippen LogP contribution in [0.4, 0.5) is 4.39 Å². The Labute approximate surface area is 88.1 Å². The van der Waals surface area contributed by atoms with Crippen molar-refractivity contribution in [2.75, 3.05) is 6.61 Å². The largest absolute Gasteiger partial charge is 0.466 e. The van der Waals surface area contributed by atoms with Crippen LogP contribution in [-0.4, -0.2) is 12.6 Å². The third kappa shape index (κ3) is 2.55. The van der Waals surface area contributed by atoms with Gasteiger partial charge in [0.15, 0.2) is 0 Å². The molecule has 2 rings (SSSR count). The summed E-state index contributed by atoms with van der Waals surface area (Å²) in [5, 5.41) is 0. The van der Waals surface area contributed by atoms with E-state index in [0.29, 0.717) is 18.4 Å². The van der Waals surface area contributed by atoms with E-state index in [4.69, 9.17) is 4.74 Å². The van der Waals surface area contributed by atoms with Gasteiger partial charge in [-0.25, -0.2) is 4.39 Å². The lowest BCUT2D eigenvalue weighted by Gasteiger charge is -2.01. The van der Waals surface area contributed by atoms with Gasteiger partial charge in [0.1, 0.15) is 5.82 Å². The fraction of sp³-hybridized carbons (Fsp3) is 0.417. The van der Waals surface area contributed by atoms with E-state index < -0.39 is 0 Å². The van der Waals surface area contributed by atoms with Crippen molar-refractivity contribution >= 4 is 5.97 Å². The Balaban J connectivity index is 1.90. The second-order valence-corrected chi connectivity index (χ2v) is 3.96. The average molecular weight is 208 g/mol. The molecule has 3 heteroatoms. The highest BCUT2D eigenvalue weighted by Crippen LogP contribution is 2.47. The van der Waals surface area contributed by atoms with E-state index in [-0.39, 0.29) is 11.8 Å². The quantitative estimate of drug-likeness (QED) is 0.713. The molecule has 0 heterocycles. The summed E-state index contributed by atoms with van der Waals surface area (Å²) in [7, 11) is 0. The first-order valence-corrected chi connectivity index (χ1v) is 5.05. The molecular formula is C12H13FO2. The Morgan fingerprint density at radius 3 is 3.07 bits per heavy atom. The third-order valence-electron chi connectivity index (χ3n) is 2.70. The van der Waals surface area contributed by atoms with Gasteiger partial charge in [0.25, 0.3) is 0 Å². The van der Waals surface area contributed by atoms with Gasteiger partial charge >= 0.3 is 5.97 Å². The van der Waals surface area contributed by atoms with Gasteiger partial charge in [0, 0.05) is 12.8 Å². The minimum Gasteiger partial charge on any atom is -0.466 e. The molecule has 0 bridgehead atoms. The number of carbonyl (C=O) groups is 1. The first kappa shape index (κ1) is 10.1. The van der Waals surface area contributed by atoms with Crippen molar-refractivity contribution in [3.63, 3.8) is 0 Å². The van der Waals surface area contributed by atoms with Gasteiger partial charge in [0.2, 0.25) is 0 Å². The highest BCUT2D eigenvalue weighted by Gasteiger charge is 2.39. The van der Waals surface area contributed by atoms with E-state index in [9.17, 15) is 9.18 Å². The summed E-state index contributed by atoms with van der Waals surface area (Å²) >= 11 is 0. The molecule has 1 saturated carbocycles. The molecule has 1 fully saturated rings. The number of halogens is 1. The molecule has 0 spiro atoms. The van der Waals surface area contributed by atoms with Crippen LogP contribution in [0.5, 0.6) is 0 Å². The van der Waals surface area contributed by atoms with Gasteiger partial charge < -0.3 is 4.74 Å². The van der Waals surface area contributed by atoms with Crippen molar-refractivity contribution in [1.82, 2.24) is 0 Å². The lowest BCUT2D eigenvalue weighted by molar-refractivity contribution is -0.141. The number of hydrogen-bond acceptors (Lipinski definition) is 2. The zero-order valence-corrected chi connectivity index (χ0v) is 8.57. The van der Waals surface area contributed by atoms with E-state index in [1.165, 1.54) is 13.0 Å². The van der Waals surface area contributed by atoms with Crippen LogP contribution < -0.4 is 0 Å². The number of ether oxygens (including phenoxy) is 1. The fourth-order valence-corrected chi connectivity index (χ4v) is 1.80. The molecule has 1 aromatic carbocycles. The number of rotatable bonds is 3. The molecule has 2 nitrogen and oxygen atoms in total. The van der Waals surface area contributed by atoms with Crippen LogP contribution in [0.1, 0.15) is 24.8 Å². The number of benzene rings is 1. The zero-order chi connectivity index (χ0) is 10.8. The molecule has 0 aromatic heterocycles. The number of esters is 1. The molecule has 2 atom stereocenters. The van der Waals surface area contributed by atoms with E-state index >= 15 is 0 Å². The maximum atomic E-state index is 12.9. The van der Waals surface area contributed by atoms with Gasteiger partial charge in [-0.3, -0.25) is 4.79 Å². The predicted molar refractivity (Wildman–Crippen MR) is 53.9 cm³/mol. The SMILES string of the molecule is CC(=O)OC[C@@H]1C[C@H]1c1cccc(F)c1. The molecule has 1 aliphatic carbocycles. The summed E-state index contributed by atoms with van der Waals surface area (Å²) in [5.74, 6) is 0.279. The lowest BCUT2D eigenvalue weighted by Crippen LogP contribution is -2.02. The van der Waals surface area contributed by atoms with Gasteiger partial charge in [-0.2, -0.15) is 0 Å². The maximum absolute atomic E-state index is 12.9. The Kier molecular flexibility index (Phi) is 2.71. The standard InChI is InChI=1S/C12H13FO2/c1-8(14)15-7-10-6-12(10)9-3-2-4-11(13)5-9/h2-5,10,12H,6-7H2,1H3/t10-,12-/m0/s1.